The molecule has 3 N–H and O–H groups in total. The minimum atomic E-state index is -2.44. The van der Waals surface area contributed by atoms with Crippen LogP contribution < -0.4 is 0 Å². The molecule has 3 heterocycles. The van der Waals surface area contributed by atoms with Crippen molar-refractivity contribution in [1.82, 2.24) is 4.90 Å². The Morgan fingerprint density at radius 2 is 1.63 bits per heavy atom. The van der Waals surface area contributed by atoms with Gasteiger partial charge >= 0.3 is 5.97 Å². The molecule has 0 spiro atoms. The van der Waals surface area contributed by atoms with Crippen LogP contribution in [0.4, 0.5) is 0 Å². The number of allylic oxidation sites excluding steroid dienone is 4. The molecule has 404 valence electrons. The van der Waals surface area contributed by atoms with Crippen LogP contribution in [-0.4, -0.2) is 157 Å². The molecule has 3 saturated heterocycles. The third-order valence-corrected chi connectivity index (χ3v) is 15.5. The highest BCUT2D eigenvalue weighted by Crippen LogP contribution is 2.38. The van der Waals surface area contributed by atoms with E-state index in [4.69, 9.17) is 33.2 Å². The van der Waals surface area contributed by atoms with Crippen molar-refractivity contribution in [2.24, 2.45) is 35.5 Å². The Hall–Kier alpha value is -3.19. The second-order valence-electron chi connectivity index (χ2n) is 21.1. The van der Waals surface area contributed by atoms with Gasteiger partial charge < -0.3 is 53.4 Å². The summed E-state index contributed by atoms with van der Waals surface area (Å²) in [5.41, 5.74) is 1.34. The molecule has 0 bridgehead atoms. The van der Waals surface area contributed by atoms with Crippen LogP contribution in [0.2, 0.25) is 0 Å². The summed E-state index contributed by atoms with van der Waals surface area (Å²) in [7, 11) is 2.94. The standard InChI is InChI=1S/C55H89NO15/c1-12-16-33(3)25-37(7)49(59)51(66-11)50(60)38(8)26-35(5)45(58)30-47(36(6)27-40-19-21-44(57)48(28-40)65-10)70-54(63)43-17-14-15-22-56(43)53(62)52(61)55(64)39(9)18-20-41(71-55)29-46(34(4)13-2)69-24-23-68-42-31-67-32-42/h12-13,16,26,33,35-37,39-44,46-48,50-51,57,60,64H,14-15,17-25,27-32H2,1-11H3/b16-12+,34-13+,38-26+/t33-,35-,36-,37-,39-,40+,41+,43+,44-,46-,47+,48-,50-,51+,55-/m1/s1. The Kier molecular flexibility index (Phi) is 24.7. The summed E-state index contributed by atoms with van der Waals surface area (Å²) in [4.78, 5) is 71.9. The molecule has 0 aromatic rings. The van der Waals surface area contributed by atoms with E-state index in [2.05, 4.69) is 0 Å². The highest BCUT2D eigenvalue weighted by molar-refractivity contribution is 6.39. The van der Waals surface area contributed by atoms with E-state index in [1.807, 2.05) is 59.8 Å². The summed E-state index contributed by atoms with van der Waals surface area (Å²) in [6.07, 6.45) is 7.64. The van der Waals surface area contributed by atoms with E-state index < -0.39 is 71.8 Å². The number of aliphatic hydroxyl groups is 3. The monoisotopic (exact) mass is 1000 g/mol. The summed E-state index contributed by atoms with van der Waals surface area (Å²) in [5.74, 6) is -7.83. The van der Waals surface area contributed by atoms with Crippen molar-refractivity contribution in [3.63, 3.8) is 0 Å². The van der Waals surface area contributed by atoms with Gasteiger partial charge in [-0.2, -0.15) is 0 Å². The predicted molar refractivity (Wildman–Crippen MR) is 267 cm³/mol. The van der Waals surface area contributed by atoms with Gasteiger partial charge in [-0.25, -0.2) is 4.79 Å². The molecule has 0 radical (unpaired) electrons. The number of rotatable bonds is 28. The fraction of sp³-hybridized carbons (Fsp3) is 0.800. The van der Waals surface area contributed by atoms with Gasteiger partial charge in [0.15, 0.2) is 5.78 Å². The van der Waals surface area contributed by atoms with Crippen molar-refractivity contribution in [3.8, 4) is 0 Å². The van der Waals surface area contributed by atoms with Crippen LogP contribution in [0.1, 0.15) is 139 Å². The van der Waals surface area contributed by atoms with E-state index in [0.29, 0.717) is 96.2 Å². The fourth-order valence-electron chi connectivity index (χ4n) is 10.6. The van der Waals surface area contributed by atoms with Crippen LogP contribution >= 0.6 is 0 Å². The molecular formula is C55H89NO15. The van der Waals surface area contributed by atoms with Crippen molar-refractivity contribution in [1.29, 1.82) is 0 Å². The summed E-state index contributed by atoms with van der Waals surface area (Å²) in [5, 5.41) is 33.9. The number of piperidine rings is 1. The Morgan fingerprint density at radius 3 is 2.27 bits per heavy atom. The van der Waals surface area contributed by atoms with Gasteiger partial charge in [-0.05, 0) is 121 Å². The van der Waals surface area contributed by atoms with E-state index in [9.17, 15) is 39.3 Å². The Labute approximate surface area is 423 Å². The number of aliphatic hydroxyl groups excluding tert-OH is 2. The number of hydrogen-bond donors (Lipinski definition) is 3. The number of methoxy groups -OCH3 is 2. The summed E-state index contributed by atoms with van der Waals surface area (Å²) < 4.78 is 40.7. The largest absolute Gasteiger partial charge is 0.460 e. The average molecular weight is 1000 g/mol. The molecule has 4 fully saturated rings. The second kappa shape index (κ2) is 29.0. The van der Waals surface area contributed by atoms with Gasteiger partial charge in [0.25, 0.3) is 11.7 Å². The lowest BCUT2D eigenvalue weighted by atomic mass is 9.78. The van der Waals surface area contributed by atoms with E-state index in [1.54, 1.807) is 34.0 Å². The van der Waals surface area contributed by atoms with Gasteiger partial charge in [-0.15, -0.1) is 0 Å². The SMILES string of the molecule is C/C=C/[C@@H](C)C[C@@H](C)C(=O)[C@H](OC)[C@H](O)/C(C)=C/[C@@H](C)C(=O)C[C@H](OC(=O)[C@@H]1CCCCN1C(=O)C(=O)[C@]1(O)O[C@H](C[C@@H](OCCOC2COC2)/C(C)=C/C)CC[C@H]1C)[C@H](C)C[C@@H]1CC[C@@H](O)[C@H](OC)C1. The number of ketones is 3. The highest BCUT2D eigenvalue weighted by Gasteiger charge is 2.53. The Bertz CT molecular complexity index is 1830. The first-order valence-corrected chi connectivity index (χ1v) is 26.4. The number of hydrogen-bond acceptors (Lipinski definition) is 15. The number of nitrogens with zero attached hydrogens (tertiary/aromatic N) is 1. The molecule has 1 saturated carbocycles. The minimum absolute atomic E-state index is 0.0600. The molecule has 16 nitrogen and oxygen atoms in total. The van der Waals surface area contributed by atoms with E-state index >= 15 is 0 Å². The molecule has 3 aliphatic heterocycles. The molecule has 0 aromatic heterocycles. The molecule has 71 heavy (non-hydrogen) atoms. The first-order chi connectivity index (χ1) is 33.7. The van der Waals surface area contributed by atoms with Gasteiger partial charge in [0.05, 0.1) is 50.8 Å². The van der Waals surface area contributed by atoms with Crippen molar-refractivity contribution in [3.05, 3.63) is 35.5 Å². The first-order valence-electron chi connectivity index (χ1n) is 26.4. The maximum Gasteiger partial charge on any atom is 0.329 e. The quantitative estimate of drug-likeness (QED) is 0.0333. The number of carbonyl (C=O) groups is 5. The molecular weight excluding hydrogens is 915 g/mol. The number of amides is 1. The van der Waals surface area contributed by atoms with Crippen LogP contribution in [0, 0.1) is 35.5 Å². The second-order valence-corrected chi connectivity index (χ2v) is 21.1. The summed E-state index contributed by atoms with van der Waals surface area (Å²) in [6.45, 7) is 18.4. The molecule has 15 atom stereocenters. The van der Waals surface area contributed by atoms with Crippen LogP contribution in [-0.2, 0) is 57.1 Å². The van der Waals surface area contributed by atoms with Crippen LogP contribution in [0.15, 0.2) is 35.5 Å². The Balaban J connectivity index is 1.50. The summed E-state index contributed by atoms with van der Waals surface area (Å²) >= 11 is 0. The molecule has 1 amide bonds. The van der Waals surface area contributed by atoms with Gasteiger partial charge in [0, 0.05) is 51.4 Å². The lowest BCUT2D eigenvalue weighted by molar-refractivity contribution is -0.266. The topological polar surface area (TPSA) is 214 Å². The van der Waals surface area contributed by atoms with Crippen LogP contribution in [0.3, 0.4) is 0 Å². The third-order valence-electron chi connectivity index (χ3n) is 15.5. The zero-order valence-corrected chi connectivity index (χ0v) is 44.7. The smallest absolute Gasteiger partial charge is 0.329 e. The van der Waals surface area contributed by atoms with Crippen molar-refractivity contribution < 1.29 is 72.5 Å². The van der Waals surface area contributed by atoms with Crippen LogP contribution in [0.25, 0.3) is 0 Å². The number of ether oxygens (including phenoxy) is 7. The number of Topliss-reactive ketones (excluding diaryl/α,β-unsaturated/α-hetero) is 3. The Morgan fingerprint density at radius 1 is 0.915 bits per heavy atom. The van der Waals surface area contributed by atoms with E-state index in [-0.39, 0.29) is 72.9 Å². The first kappa shape index (κ1) is 60.4. The predicted octanol–water partition coefficient (Wildman–Crippen LogP) is 6.44. The fourth-order valence-corrected chi connectivity index (χ4v) is 10.6. The molecule has 0 unspecified atom stereocenters. The number of esters is 1. The normalized spacial score (nSPS) is 29.3. The minimum Gasteiger partial charge on any atom is -0.460 e. The van der Waals surface area contributed by atoms with Crippen molar-refractivity contribution >= 4 is 29.2 Å². The lowest BCUT2D eigenvalue weighted by Gasteiger charge is -2.43. The third kappa shape index (κ3) is 16.9. The average Bonchev–Trinajstić information content (AvgIpc) is 3.33. The number of carbonyl (C=O) groups excluding carboxylic acids is 5. The van der Waals surface area contributed by atoms with E-state index in [1.165, 1.54) is 12.0 Å². The molecule has 1 aliphatic carbocycles. The van der Waals surface area contributed by atoms with E-state index in [0.717, 1.165) is 5.57 Å². The molecule has 16 heteroatoms. The maximum atomic E-state index is 14.5. The van der Waals surface area contributed by atoms with Crippen molar-refractivity contribution in [2.45, 2.75) is 200 Å². The van der Waals surface area contributed by atoms with Gasteiger partial charge in [-0.1, -0.05) is 58.9 Å². The zero-order valence-electron chi connectivity index (χ0n) is 44.7. The molecule has 4 aliphatic rings. The lowest BCUT2D eigenvalue weighted by Crippen LogP contribution is -2.61. The maximum absolute atomic E-state index is 14.5. The van der Waals surface area contributed by atoms with Crippen molar-refractivity contribution in [2.75, 3.05) is 47.2 Å². The highest BCUT2D eigenvalue weighted by atomic mass is 16.6. The molecule has 4 rings (SSSR count). The van der Waals surface area contributed by atoms with Gasteiger partial charge in [0.2, 0.25) is 5.79 Å². The molecule has 0 aromatic carbocycles. The zero-order chi connectivity index (χ0) is 52.6. The number of likely N-dealkylation sites (tertiary alicyclic amines) is 1. The van der Waals surface area contributed by atoms with Crippen LogP contribution in [0.5, 0.6) is 0 Å². The van der Waals surface area contributed by atoms with Gasteiger partial charge in [-0.3, -0.25) is 19.2 Å². The van der Waals surface area contributed by atoms with Gasteiger partial charge in [0.1, 0.15) is 36.2 Å². The summed E-state index contributed by atoms with van der Waals surface area (Å²) in [6, 6.07) is -1.16.